The van der Waals surface area contributed by atoms with Crippen LogP contribution in [-0.2, 0) is 4.74 Å². The van der Waals surface area contributed by atoms with E-state index >= 15 is 0 Å². The minimum absolute atomic E-state index is 0.288. The molecule has 0 fully saturated rings. The Labute approximate surface area is 95.2 Å². The monoisotopic (exact) mass is 226 g/mol. The number of ether oxygens (including phenoxy) is 1. The Morgan fingerprint density at radius 2 is 2.20 bits per heavy atom. The van der Waals surface area contributed by atoms with Crippen LogP contribution in [0.1, 0.15) is 35.7 Å². The molecular weight excluding hydrogens is 212 g/mol. The van der Waals surface area contributed by atoms with Gasteiger partial charge in [0.1, 0.15) is 0 Å². The van der Waals surface area contributed by atoms with Gasteiger partial charge in [-0.15, -0.1) is 0 Å². The smallest absolute Gasteiger partial charge is 0.338 e. The predicted molar refractivity (Wildman–Crippen MR) is 61.4 cm³/mol. The number of benzene rings is 1. The van der Waals surface area contributed by atoms with E-state index in [4.69, 9.17) is 16.3 Å². The lowest BCUT2D eigenvalue weighted by Crippen LogP contribution is -2.08. The lowest BCUT2D eigenvalue weighted by atomic mass is 10.1. The van der Waals surface area contributed by atoms with Crippen LogP contribution < -0.4 is 0 Å². The summed E-state index contributed by atoms with van der Waals surface area (Å²) in [5.74, 6) is -0.288. The highest BCUT2D eigenvalue weighted by molar-refractivity contribution is 6.31. The predicted octanol–water partition coefficient (Wildman–Crippen LogP) is 3.61. The van der Waals surface area contributed by atoms with Crippen LogP contribution in [0.4, 0.5) is 0 Å². The Kier molecular flexibility index (Phi) is 4.63. The minimum atomic E-state index is -0.288. The van der Waals surface area contributed by atoms with Gasteiger partial charge in [-0.2, -0.15) is 0 Å². The van der Waals surface area contributed by atoms with E-state index in [-0.39, 0.29) is 5.97 Å². The summed E-state index contributed by atoms with van der Waals surface area (Å²) in [4.78, 5) is 11.6. The second-order valence-electron chi connectivity index (χ2n) is 3.45. The number of carbonyl (C=O) groups is 1. The van der Waals surface area contributed by atoms with Gasteiger partial charge in [0, 0.05) is 5.02 Å². The molecule has 0 atom stereocenters. The Morgan fingerprint density at radius 1 is 1.47 bits per heavy atom. The van der Waals surface area contributed by atoms with Crippen molar-refractivity contribution >= 4 is 17.6 Å². The number of hydrogen-bond donors (Lipinski definition) is 0. The number of unbranched alkanes of at least 4 members (excludes halogenated alkanes) is 1. The summed E-state index contributed by atoms with van der Waals surface area (Å²) in [6, 6.07) is 5.23. The van der Waals surface area contributed by atoms with Gasteiger partial charge >= 0.3 is 5.97 Å². The van der Waals surface area contributed by atoms with E-state index in [0.717, 1.165) is 18.4 Å². The summed E-state index contributed by atoms with van der Waals surface area (Å²) in [5, 5.41) is 0.558. The van der Waals surface area contributed by atoms with Crippen LogP contribution in [0.3, 0.4) is 0 Å². The van der Waals surface area contributed by atoms with Crippen molar-refractivity contribution in [3.05, 3.63) is 34.3 Å². The van der Waals surface area contributed by atoms with Gasteiger partial charge in [0.25, 0.3) is 0 Å². The van der Waals surface area contributed by atoms with Crippen LogP contribution in [-0.4, -0.2) is 12.6 Å². The molecule has 2 nitrogen and oxygen atoms in total. The molecule has 0 amide bonds. The molecule has 0 radical (unpaired) electrons. The molecular formula is C12H15ClO2. The first-order valence-electron chi connectivity index (χ1n) is 5.08. The quantitative estimate of drug-likeness (QED) is 0.579. The Balaban J connectivity index is 2.68. The molecule has 82 valence electrons. The topological polar surface area (TPSA) is 26.3 Å². The molecule has 0 bridgehead atoms. The number of carbonyl (C=O) groups excluding carboxylic acids is 1. The molecule has 0 aromatic heterocycles. The van der Waals surface area contributed by atoms with Crippen molar-refractivity contribution in [2.75, 3.05) is 6.61 Å². The summed E-state index contributed by atoms with van der Waals surface area (Å²) >= 11 is 5.81. The Hall–Kier alpha value is -1.02. The maximum atomic E-state index is 11.6. The average molecular weight is 227 g/mol. The molecule has 1 aromatic rings. The molecule has 0 saturated heterocycles. The van der Waals surface area contributed by atoms with Crippen LogP contribution in [0.2, 0.25) is 5.02 Å². The van der Waals surface area contributed by atoms with Crippen molar-refractivity contribution < 1.29 is 9.53 Å². The van der Waals surface area contributed by atoms with E-state index in [1.165, 1.54) is 0 Å². The average Bonchev–Trinajstić information content (AvgIpc) is 2.22. The summed E-state index contributed by atoms with van der Waals surface area (Å²) < 4.78 is 5.11. The van der Waals surface area contributed by atoms with Crippen molar-refractivity contribution in [1.82, 2.24) is 0 Å². The zero-order valence-electron chi connectivity index (χ0n) is 9.05. The molecule has 0 heterocycles. The third kappa shape index (κ3) is 3.56. The number of esters is 1. The van der Waals surface area contributed by atoms with Gasteiger partial charge in [0.15, 0.2) is 0 Å². The summed E-state index contributed by atoms with van der Waals surface area (Å²) in [7, 11) is 0. The third-order valence-electron chi connectivity index (χ3n) is 2.15. The fraction of sp³-hybridized carbons (Fsp3) is 0.417. The van der Waals surface area contributed by atoms with Crippen LogP contribution in [0.25, 0.3) is 0 Å². The first-order chi connectivity index (χ1) is 7.15. The molecule has 3 heteroatoms. The first-order valence-corrected chi connectivity index (χ1v) is 5.46. The Morgan fingerprint density at radius 3 is 2.87 bits per heavy atom. The van der Waals surface area contributed by atoms with Crippen LogP contribution in [0.5, 0.6) is 0 Å². The molecule has 0 unspecified atom stereocenters. The molecule has 1 rings (SSSR count). The van der Waals surface area contributed by atoms with Crippen molar-refractivity contribution in [3.63, 3.8) is 0 Å². The van der Waals surface area contributed by atoms with Crippen molar-refractivity contribution in [2.24, 2.45) is 0 Å². The lowest BCUT2D eigenvalue weighted by molar-refractivity contribution is 0.0499. The standard InChI is InChI=1S/C12H15ClO2/c1-3-4-7-15-12(14)11-8-10(13)6-5-9(11)2/h5-6,8H,3-4,7H2,1-2H3. The maximum Gasteiger partial charge on any atom is 0.338 e. The van der Waals surface area contributed by atoms with E-state index in [0.29, 0.717) is 17.2 Å². The summed E-state index contributed by atoms with van der Waals surface area (Å²) in [6.45, 7) is 4.40. The van der Waals surface area contributed by atoms with Gasteiger partial charge in [0.2, 0.25) is 0 Å². The van der Waals surface area contributed by atoms with E-state index in [9.17, 15) is 4.79 Å². The highest BCUT2D eigenvalue weighted by Crippen LogP contribution is 2.16. The molecule has 0 aliphatic heterocycles. The number of aryl methyl sites for hydroxylation is 1. The van der Waals surface area contributed by atoms with Gasteiger partial charge in [0.05, 0.1) is 12.2 Å². The van der Waals surface area contributed by atoms with Gasteiger partial charge in [-0.05, 0) is 31.0 Å². The molecule has 0 aliphatic carbocycles. The van der Waals surface area contributed by atoms with Gasteiger partial charge in [-0.25, -0.2) is 4.79 Å². The fourth-order valence-electron chi connectivity index (χ4n) is 1.20. The van der Waals surface area contributed by atoms with Crippen molar-refractivity contribution in [2.45, 2.75) is 26.7 Å². The zero-order chi connectivity index (χ0) is 11.3. The number of halogens is 1. The van der Waals surface area contributed by atoms with E-state index in [1.807, 2.05) is 13.0 Å². The molecule has 1 aromatic carbocycles. The number of hydrogen-bond acceptors (Lipinski definition) is 2. The molecule has 15 heavy (non-hydrogen) atoms. The first kappa shape index (κ1) is 12.1. The summed E-state index contributed by atoms with van der Waals surface area (Å²) in [5.41, 5.74) is 1.44. The van der Waals surface area contributed by atoms with Gasteiger partial charge in [-0.1, -0.05) is 31.0 Å². The molecule has 0 N–H and O–H groups in total. The van der Waals surface area contributed by atoms with Gasteiger partial charge < -0.3 is 4.74 Å². The SMILES string of the molecule is CCCCOC(=O)c1cc(Cl)ccc1C. The second-order valence-corrected chi connectivity index (χ2v) is 3.89. The fourth-order valence-corrected chi connectivity index (χ4v) is 1.37. The Bertz CT molecular complexity index is 347. The second kappa shape index (κ2) is 5.76. The lowest BCUT2D eigenvalue weighted by Gasteiger charge is -2.06. The largest absolute Gasteiger partial charge is 0.462 e. The zero-order valence-corrected chi connectivity index (χ0v) is 9.80. The molecule has 0 saturated carbocycles. The van der Waals surface area contributed by atoms with E-state index in [1.54, 1.807) is 12.1 Å². The van der Waals surface area contributed by atoms with E-state index < -0.39 is 0 Å². The number of rotatable bonds is 4. The molecule has 0 aliphatic rings. The maximum absolute atomic E-state index is 11.6. The minimum Gasteiger partial charge on any atom is -0.462 e. The van der Waals surface area contributed by atoms with Crippen molar-refractivity contribution in [1.29, 1.82) is 0 Å². The molecule has 0 spiro atoms. The van der Waals surface area contributed by atoms with Crippen LogP contribution in [0.15, 0.2) is 18.2 Å². The highest BCUT2D eigenvalue weighted by Gasteiger charge is 2.10. The van der Waals surface area contributed by atoms with Crippen LogP contribution >= 0.6 is 11.6 Å². The summed E-state index contributed by atoms with van der Waals surface area (Å²) in [6.07, 6.45) is 1.91. The third-order valence-corrected chi connectivity index (χ3v) is 2.39. The van der Waals surface area contributed by atoms with Crippen LogP contribution in [0, 0.1) is 6.92 Å². The van der Waals surface area contributed by atoms with Gasteiger partial charge in [-0.3, -0.25) is 0 Å². The van der Waals surface area contributed by atoms with E-state index in [2.05, 4.69) is 6.92 Å². The highest BCUT2D eigenvalue weighted by atomic mass is 35.5. The normalized spacial score (nSPS) is 10.1. The van der Waals surface area contributed by atoms with Crippen molar-refractivity contribution in [3.8, 4) is 0 Å².